The highest BCUT2D eigenvalue weighted by Crippen LogP contribution is 2.46. The maximum Gasteiger partial charge on any atom is 0.0125 e. The Kier molecular flexibility index (Phi) is 2.87. The van der Waals surface area contributed by atoms with Crippen molar-refractivity contribution in [2.24, 2.45) is 11.3 Å². The zero-order chi connectivity index (χ0) is 11.1. The van der Waals surface area contributed by atoms with Gasteiger partial charge >= 0.3 is 0 Å². The molecular formula is C14H27N. The predicted molar refractivity (Wildman–Crippen MR) is 66.0 cm³/mol. The third kappa shape index (κ3) is 2.38. The zero-order valence-electron chi connectivity index (χ0n) is 11.0. The largest absolute Gasteiger partial charge is 0.298 e. The molecule has 1 nitrogen and oxygen atoms in total. The van der Waals surface area contributed by atoms with E-state index in [0.717, 1.165) is 5.92 Å². The SMILES string of the molecule is CC1CCC2(CC1)CCN(C(C)(C)C)C2. The monoisotopic (exact) mass is 209 g/mol. The summed E-state index contributed by atoms with van der Waals surface area (Å²) in [5.74, 6) is 0.985. The van der Waals surface area contributed by atoms with Gasteiger partial charge in [0.2, 0.25) is 0 Å². The maximum atomic E-state index is 2.70. The van der Waals surface area contributed by atoms with Crippen LogP contribution in [0, 0.1) is 11.3 Å². The molecule has 0 amide bonds. The van der Waals surface area contributed by atoms with Crippen molar-refractivity contribution >= 4 is 0 Å². The van der Waals surface area contributed by atoms with Gasteiger partial charge in [0, 0.05) is 12.1 Å². The minimum Gasteiger partial charge on any atom is -0.298 e. The highest BCUT2D eigenvalue weighted by atomic mass is 15.2. The Labute approximate surface area is 95.2 Å². The van der Waals surface area contributed by atoms with E-state index in [1.165, 1.54) is 45.2 Å². The van der Waals surface area contributed by atoms with Gasteiger partial charge in [-0.05, 0) is 57.9 Å². The molecule has 2 aliphatic rings. The van der Waals surface area contributed by atoms with E-state index in [9.17, 15) is 0 Å². The zero-order valence-corrected chi connectivity index (χ0v) is 11.0. The van der Waals surface area contributed by atoms with E-state index in [-0.39, 0.29) is 0 Å². The molecule has 2 fully saturated rings. The molecule has 0 aromatic heterocycles. The average Bonchev–Trinajstić information content (AvgIpc) is 2.55. The lowest BCUT2D eigenvalue weighted by Gasteiger charge is -2.38. The molecule has 1 aliphatic heterocycles. The van der Waals surface area contributed by atoms with Crippen LogP contribution < -0.4 is 0 Å². The standard InChI is InChI=1S/C14H27N/c1-12-5-7-14(8-6-12)9-10-15(11-14)13(2,3)4/h12H,5-11H2,1-4H3. The molecule has 0 unspecified atom stereocenters. The fraction of sp³-hybridized carbons (Fsp3) is 1.00. The Morgan fingerprint density at radius 3 is 2.13 bits per heavy atom. The van der Waals surface area contributed by atoms with Crippen LogP contribution in [0.1, 0.15) is 59.8 Å². The van der Waals surface area contributed by atoms with Crippen molar-refractivity contribution in [2.45, 2.75) is 65.3 Å². The van der Waals surface area contributed by atoms with Gasteiger partial charge in [-0.2, -0.15) is 0 Å². The fourth-order valence-corrected chi connectivity index (χ4v) is 3.29. The van der Waals surface area contributed by atoms with Crippen LogP contribution in [0.15, 0.2) is 0 Å². The Morgan fingerprint density at radius 1 is 1.07 bits per heavy atom. The summed E-state index contributed by atoms with van der Waals surface area (Å²) in [7, 11) is 0. The summed E-state index contributed by atoms with van der Waals surface area (Å²) in [6.45, 7) is 12.2. The van der Waals surface area contributed by atoms with Crippen LogP contribution in [0.3, 0.4) is 0 Å². The molecule has 0 aromatic rings. The molecule has 1 heterocycles. The molecule has 0 atom stereocenters. The number of nitrogens with zero attached hydrogens (tertiary/aromatic N) is 1. The summed E-state index contributed by atoms with van der Waals surface area (Å²) in [6.07, 6.45) is 7.37. The van der Waals surface area contributed by atoms with Gasteiger partial charge < -0.3 is 0 Å². The molecule has 1 aliphatic carbocycles. The van der Waals surface area contributed by atoms with Crippen molar-refractivity contribution in [3.8, 4) is 0 Å². The lowest BCUT2D eigenvalue weighted by atomic mass is 9.70. The number of hydrogen-bond donors (Lipinski definition) is 0. The van der Waals surface area contributed by atoms with Crippen molar-refractivity contribution < 1.29 is 0 Å². The Balaban J connectivity index is 1.97. The number of hydrogen-bond acceptors (Lipinski definition) is 1. The molecule has 15 heavy (non-hydrogen) atoms. The highest BCUT2D eigenvalue weighted by molar-refractivity contribution is 4.96. The van der Waals surface area contributed by atoms with E-state index in [0.29, 0.717) is 11.0 Å². The van der Waals surface area contributed by atoms with Gasteiger partial charge in [-0.25, -0.2) is 0 Å². The molecule has 88 valence electrons. The minimum atomic E-state index is 0.382. The summed E-state index contributed by atoms with van der Waals surface area (Å²) in [5, 5.41) is 0. The first kappa shape index (κ1) is 11.4. The van der Waals surface area contributed by atoms with Gasteiger partial charge in [0.15, 0.2) is 0 Å². The minimum absolute atomic E-state index is 0.382. The summed E-state index contributed by atoms with van der Waals surface area (Å²) in [5.41, 5.74) is 1.09. The van der Waals surface area contributed by atoms with Gasteiger partial charge in [0.25, 0.3) is 0 Å². The molecule has 1 heteroatoms. The second-order valence-corrected chi connectivity index (χ2v) is 7.02. The van der Waals surface area contributed by atoms with Gasteiger partial charge in [0.05, 0.1) is 0 Å². The Bertz CT molecular complexity index is 218. The van der Waals surface area contributed by atoms with Crippen LogP contribution in [-0.4, -0.2) is 23.5 Å². The lowest BCUT2D eigenvalue weighted by Crippen LogP contribution is -2.41. The summed E-state index contributed by atoms with van der Waals surface area (Å²) in [4.78, 5) is 2.70. The first-order valence-corrected chi connectivity index (χ1v) is 6.66. The van der Waals surface area contributed by atoms with E-state index in [1.807, 2.05) is 0 Å². The highest BCUT2D eigenvalue weighted by Gasteiger charge is 2.42. The third-order valence-electron chi connectivity index (χ3n) is 4.72. The molecular weight excluding hydrogens is 182 g/mol. The topological polar surface area (TPSA) is 3.24 Å². The predicted octanol–water partition coefficient (Wildman–Crippen LogP) is 3.69. The van der Waals surface area contributed by atoms with E-state index in [1.54, 1.807) is 0 Å². The van der Waals surface area contributed by atoms with Crippen LogP contribution in [0.25, 0.3) is 0 Å². The smallest absolute Gasteiger partial charge is 0.0125 e. The van der Waals surface area contributed by atoms with Crippen LogP contribution in [-0.2, 0) is 0 Å². The Hall–Kier alpha value is -0.0400. The first-order chi connectivity index (χ1) is 6.91. The van der Waals surface area contributed by atoms with Crippen LogP contribution >= 0.6 is 0 Å². The van der Waals surface area contributed by atoms with E-state index < -0.39 is 0 Å². The van der Waals surface area contributed by atoms with Crippen LogP contribution in [0.2, 0.25) is 0 Å². The van der Waals surface area contributed by atoms with Crippen molar-refractivity contribution in [3.05, 3.63) is 0 Å². The lowest BCUT2D eigenvalue weighted by molar-refractivity contribution is 0.115. The quantitative estimate of drug-likeness (QED) is 0.588. The van der Waals surface area contributed by atoms with Crippen molar-refractivity contribution in [1.29, 1.82) is 0 Å². The van der Waals surface area contributed by atoms with Gasteiger partial charge in [0.1, 0.15) is 0 Å². The van der Waals surface area contributed by atoms with E-state index in [4.69, 9.17) is 0 Å². The third-order valence-corrected chi connectivity index (χ3v) is 4.72. The Morgan fingerprint density at radius 2 is 1.67 bits per heavy atom. The van der Waals surface area contributed by atoms with Crippen molar-refractivity contribution in [2.75, 3.05) is 13.1 Å². The number of likely N-dealkylation sites (tertiary alicyclic amines) is 1. The van der Waals surface area contributed by atoms with E-state index in [2.05, 4.69) is 32.6 Å². The van der Waals surface area contributed by atoms with Crippen molar-refractivity contribution in [1.82, 2.24) is 4.90 Å². The van der Waals surface area contributed by atoms with Gasteiger partial charge in [-0.15, -0.1) is 0 Å². The van der Waals surface area contributed by atoms with Crippen LogP contribution in [0.5, 0.6) is 0 Å². The molecule has 0 radical (unpaired) electrons. The van der Waals surface area contributed by atoms with Crippen LogP contribution in [0.4, 0.5) is 0 Å². The average molecular weight is 209 g/mol. The first-order valence-electron chi connectivity index (χ1n) is 6.66. The second kappa shape index (κ2) is 3.76. The second-order valence-electron chi connectivity index (χ2n) is 7.02. The molecule has 0 aromatic carbocycles. The van der Waals surface area contributed by atoms with Crippen molar-refractivity contribution in [3.63, 3.8) is 0 Å². The molecule has 1 saturated heterocycles. The molecule has 0 N–H and O–H groups in total. The number of rotatable bonds is 0. The van der Waals surface area contributed by atoms with Gasteiger partial charge in [-0.1, -0.05) is 19.8 Å². The summed E-state index contributed by atoms with van der Waals surface area (Å²) in [6, 6.07) is 0. The normalized spacial score (nSPS) is 38.8. The van der Waals surface area contributed by atoms with Gasteiger partial charge in [-0.3, -0.25) is 4.90 Å². The molecule has 2 rings (SSSR count). The summed E-state index contributed by atoms with van der Waals surface area (Å²) < 4.78 is 0. The molecule has 1 spiro atoms. The van der Waals surface area contributed by atoms with E-state index >= 15 is 0 Å². The fourth-order valence-electron chi connectivity index (χ4n) is 3.29. The molecule has 1 saturated carbocycles. The molecule has 0 bridgehead atoms. The summed E-state index contributed by atoms with van der Waals surface area (Å²) >= 11 is 0. The maximum absolute atomic E-state index is 2.70.